The molecule has 1 aromatic carbocycles. The second-order valence-electron chi connectivity index (χ2n) is 4.04. The number of rotatable bonds is 4. The zero-order valence-corrected chi connectivity index (χ0v) is 10.8. The van der Waals surface area contributed by atoms with Crippen LogP contribution in [0.1, 0.15) is 23.6 Å². The fraction of sp³-hybridized carbons (Fsp3) is 0.308. The van der Waals surface area contributed by atoms with Gasteiger partial charge in [-0.15, -0.1) is 11.6 Å². The summed E-state index contributed by atoms with van der Waals surface area (Å²) in [4.78, 5) is 0. The molecule has 1 atom stereocenters. The molecule has 2 rings (SSSR count). The molecule has 0 aliphatic rings. The van der Waals surface area contributed by atoms with Crippen molar-refractivity contribution in [3.63, 3.8) is 0 Å². The molecular weight excluding hydrogens is 234 g/mol. The summed E-state index contributed by atoms with van der Waals surface area (Å²) in [7, 11) is 1.91. The molecule has 0 saturated heterocycles. The number of aromatic nitrogens is 2. The number of nitrogens with one attached hydrogen (secondary N) is 1. The van der Waals surface area contributed by atoms with Gasteiger partial charge in [0.1, 0.15) is 0 Å². The predicted octanol–water partition coefficient (Wildman–Crippen LogP) is 3.33. The molecule has 1 unspecified atom stereocenters. The van der Waals surface area contributed by atoms with Gasteiger partial charge >= 0.3 is 0 Å². The molecule has 0 amide bonds. The van der Waals surface area contributed by atoms with E-state index in [0.29, 0.717) is 6.54 Å². The molecule has 0 aliphatic carbocycles. The number of para-hydroxylation sites is 1. The first-order valence-electron chi connectivity index (χ1n) is 5.62. The molecule has 17 heavy (non-hydrogen) atoms. The third-order valence-electron chi connectivity index (χ3n) is 2.62. The minimum absolute atomic E-state index is 0.00225. The highest BCUT2D eigenvalue weighted by molar-refractivity contribution is 6.21. The van der Waals surface area contributed by atoms with E-state index in [-0.39, 0.29) is 5.38 Å². The summed E-state index contributed by atoms with van der Waals surface area (Å²) in [6, 6.07) is 10.1. The highest BCUT2D eigenvalue weighted by Crippen LogP contribution is 2.27. The Morgan fingerprint density at radius 2 is 2.12 bits per heavy atom. The Bertz CT molecular complexity index is 491. The zero-order valence-electron chi connectivity index (χ0n) is 10.0. The van der Waals surface area contributed by atoms with Gasteiger partial charge in [0.15, 0.2) is 0 Å². The van der Waals surface area contributed by atoms with Crippen LogP contribution in [-0.4, -0.2) is 9.78 Å². The minimum atomic E-state index is 0.00225. The van der Waals surface area contributed by atoms with E-state index in [0.717, 1.165) is 16.9 Å². The molecule has 0 fully saturated rings. The van der Waals surface area contributed by atoms with E-state index >= 15 is 0 Å². The van der Waals surface area contributed by atoms with E-state index in [2.05, 4.69) is 10.4 Å². The van der Waals surface area contributed by atoms with Crippen molar-refractivity contribution in [1.29, 1.82) is 0 Å². The summed E-state index contributed by atoms with van der Waals surface area (Å²) in [6.07, 6.45) is 1.94. The lowest BCUT2D eigenvalue weighted by Crippen LogP contribution is -2.03. The molecule has 1 heterocycles. The highest BCUT2D eigenvalue weighted by Gasteiger charge is 2.07. The van der Waals surface area contributed by atoms with E-state index in [1.807, 2.05) is 50.5 Å². The van der Waals surface area contributed by atoms with Gasteiger partial charge in [-0.25, -0.2) is 0 Å². The number of alkyl halides is 1. The number of benzene rings is 1. The molecule has 1 N–H and O–H groups in total. The summed E-state index contributed by atoms with van der Waals surface area (Å²) in [5.41, 5.74) is 3.20. The fourth-order valence-corrected chi connectivity index (χ4v) is 1.94. The average Bonchev–Trinajstić information content (AvgIpc) is 2.73. The molecular formula is C13H16ClN3. The number of nitrogens with zero attached hydrogens (tertiary/aromatic N) is 2. The van der Waals surface area contributed by atoms with E-state index in [1.54, 1.807) is 4.68 Å². The third kappa shape index (κ3) is 3.01. The largest absolute Gasteiger partial charge is 0.379 e. The third-order valence-corrected chi connectivity index (χ3v) is 2.85. The van der Waals surface area contributed by atoms with Gasteiger partial charge < -0.3 is 5.32 Å². The van der Waals surface area contributed by atoms with Crippen LogP contribution in [0.2, 0.25) is 0 Å². The van der Waals surface area contributed by atoms with Crippen molar-refractivity contribution in [3.05, 3.63) is 47.8 Å². The summed E-state index contributed by atoms with van der Waals surface area (Å²) < 4.78 is 1.80. The van der Waals surface area contributed by atoms with Gasteiger partial charge in [0.2, 0.25) is 0 Å². The molecule has 4 heteroatoms. The van der Waals surface area contributed by atoms with Gasteiger partial charge in [-0.3, -0.25) is 4.68 Å². The lowest BCUT2D eigenvalue weighted by Gasteiger charge is -2.12. The van der Waals surface area contributed by atoms with E-state index in [1.165, 1.54) is 0 Å². The molecule has 1 aromatic heterocycles. The van der Waals surface area contributed by atoms with E-state index in [9.17, 15) is 0 Å². The zero-order chi connectivity index (χ0) is 12.3. The highest BCUT2D eigenvalue weighted by atomic mass is 35.5. The van der Waals surface area contributed by atoms with Gasteiger partial charge in [-0.1, -0.05) is 18.2 Å². The SMILES string of the molecule is CC(Cl)c1ccccc1NCc1ccn(C)n1. The molecule has 0 radical (unpaired) electrons. The Labute approximate surface area is 106 Å². The smallest absolute Gasteiger partial charge is 0.0815 e. The average molecular weight is 250 g/mol. The molecule has 90 valence electrons. The minimum Gasteiger partial charge on any atom is -0.379 e. The predicted molar refractivity (Wildman–Crippen MR) is 71.2 cm³/mol. The molecule has 0 bridgehead atoms. The van der Waals surface area contributed by atoms with Gasteiger partial charge in [-0.2, -0.15) is 5.10 Å². The summed E-state index contributed by atoms with van der Waals surface area (Å²) in [5.74, 6) is 0. The monoisotopic (exact) mass is 249 g/mol. The molecule has 3 nitrogen and oxygen atoms in total. The standard InChI is InChI=1S/C13H16ClN3/c1-10(14)12-5-3-4-6-13(12)15-9-11-7-8-17(2)16-11/h3-8,10,15H,9H2,1-2H3. The summed E-state index contributed by atoms with van der Waals surface area (Å²) in [5, 5.41) is 7.69. The Hall–Kier alpha value is -1.48. The van der Waals surface area contributed by atoms with Crippen molar-refractivity contribution in [2.45, 2.75) is 18.8 Å². The molecule has 0 saturated carbocycles. The van der Waals surface area contributed by atoms with Crippen molar-refractivity contribution in [2.75, 3.05) is 5.32 Å². The first kappa shape index (κ1) is 12.0. The number of aryl methyl sites for hydroxylation is 1. The van der Waals surface area contributed by atoms with Gasteiger partial charge in [-0.05, 0) is 24.6 Å². The van der Waals surface area contributed by atoms with Crippen LogP contribution >= 0.6 is 11.6 Å². The summed E-state index contributed by atoms with van der Waals surface area (Å²) in [6.45, 7) is 2.68. The van der Waals surface area contributed by atoms with Crippen LogP contribution < -0.4 is 5.32 Å². The Morgan fingerprint density at radius 1 is 1.35 bits per heavy atom. The fourth-order valence-electron chi connectivity index (χ4n) is 1.75. The first-order chi connectivity index (χ1) is 8.16. The lowest BCUT2D eigenvalue weighted by molar-refractivity contribution is 0.747. The van der Waals surface area contributed by atoms with Crippen LogP contribution in [0, 0.1) is 0 Å². The Kier molecular flexibility index (Phi) is 3.69. The van der Waals surface area contributed by atoms with Crippen molar-refractivity contribution in [3.8, 4) is 0 Å². The van der Waals surface area contributed by atoms with Gasteiger partial charge in [0.25, 0.3) is 0 Å². The Balaban J connectivity index is 2.08. The van der Waals surface area contributed by atoms with Gasteiger partial charge in [0, 0.05) is 18.9 Å². The maximum atomic E-state index is 6.13. The lowest BCUT2D eigenvalue weighted by atomic mass is 10.1. The number of hydrogen-bond donors (Lipinski definition) is 1. The first-order valence-corrected chi connectivity index (χ1v) is 6.06. The molecule has 0 aliphatic heterocycles. The van der Waals surface area contributed by atoms with Crippen LogP contribution in [-0.2, 0) is 13.6 Å². The topological polar surface area (TPSA) is 29.9 Å². The molecule has 2 aromatic rings. The molecule has 0 spiro atoms. The second-order valence-corrected chi connectivity index (χ2v) is 4.69. The number of halogens is 1. The quantitative estimate of drug-likeness (QED) is 0.843. The Morgan fingerprint density at radius 3 is 2.76 bits per heavy atom. The van der Waals surface area contributed by atoms with Crippen molar-refractivity contribution < 1.29 is 0 Å². The van der Waals surface area contributed by atoms with E-state index < -0.39 is 0 Å². The van der Waals surface area contributed by atoms with Crippen molar-refractivity contribution in [1.82, 2.24) is 9.78 Å². The van der Waals surface area contributed by atoms with Crippen LogP contribution in [0.3, 0.4) is 0 Å². The van der Waals surface area contributed by atoms with Crippen LogP contribution in [0.4, 0.5) is 5.69 Å². The maximum absolute atomic E-state index is 6.13. The van der Waals surface area contributed by atoms with Crippen LogP contribution in [0.5, 0.6) is 0 Å². The van der Waals surface area contributed by atoms with E-state index in [4.69, 9.17) is 11.6 Å². The number of hydrogen-bond acceptors (Lipinski definition) is 2. The maximum Gasteiger partial charge on any atom is 0.0815 e. The van der Waals surface area contributed by atoms with Crippen molar-refractivity contribution >= 4 is 17.3 Å². The van der Waals surface area contributed by atoms with Crippen LogP contribution in [0.25, 0.3) is 0 Å². The second kappa shape index (κ2) is 5.23. The normalized spacial score (nSPS) is 12.4. The van der Waals surface area contributed by atoms with Crippen LogP contribution in [0.15, 0.2) is 36.5 Å². The summed E-state index contributed by atoms with van der Waals surface area (Å²) >= 11 is 6.13. The number of anilines is 1. The van der Waals surface area contributed by atoms with Gasteiger partial charge in [0.05, 0.1) is 17.6 Å². The van der Waals surface area contributed by atoms with Crippen molar-refractivity contribution in [2.24, 2.45) is 7.05 Å².